The number of benzene rings is 4. The molecule has 6 rings (SSSR count). The molecule has 4 nitrogen and oxygen atoms in total. The predicted molar refractivity (Wildman–Crippen MR) is 111 cm³/mol. The molecule has 0 bridgehead atoms. The number of fused-ring (bicyclic) bond motifs is 4. The first-order valence-corrected chi connectivity index (χ1v) is 9.76. The second-order valence-electron chi connectivity index (χ2n) is 7.32. The third kappa shape index (κ3) is 2.72. The molecular weight excluding hydrogens is 362 g/mol. The molecule has 0 spiro atoms. The highest BCUT2D eigenvalue weighted by atomic mass is 16.7. The molecule has 0 aromatic heterocycles. The zero-order valence-corrected chi connectivity index (χ0v) is 15.7. The molecule has 2 atom stereocenters. The highest BCUT2D eigenvalue weighted by molar-refractivity contribution is 5.89. The van der Waals surface area contributed by atoms with Crippen molar-refractivity contribution in [3.63, 3.8) is 0 Å². The first kappa shape index (κ1) is 16.5. The Kier molecular flexibility index (Phi) is 3.71. The lowest BCUT2D eigenvalue weighted by Crippen LogP contribution is -2.35. The minimum atomic E-state index is -0.289. The van der Waals surface area contributed by atoms with Gasteiger partial charge in [0.15, 0.2) is 17.7 Å². The Morgan fingerprint density at radius 1 is 0.690 bits per heavy atom. The Labute approximate surface area is 168 Å². The van der Waals surface area contributed by atoms with E-state index in [1.165, 1.54) is 21.9 Å². The van der Waals surface area contributed by atoms with Gasteiger partial charge in [-0.15, -0.1) is 0 Å². The maximum Gasteiger partial charge on any atom is 0.231 e. The van der Waals surface area contributed by atoms with Gasteiger partial charge in [-0.3, -0.25) is 5.32 Å². The molecule has 0 aliphatic carbocycles. The predicted octanol–water partition coefficient (Wildman–Crippen LogP) is 5.34. The van der Waals surface area contributed by atoms with E-state index in [4.69, 9.17) is 14.2 Å². The third-order valence-corrected chi connectivity index (χ3v) is 5.61. The molecule has 0 radical (unpaired) electrons. The van der Waals surface area contributed by atoms with Crippen molar-refractivity contribution in [1.29, 1.82) is 0 Å². The van der Waals surface area contributed by atoms with Crippen molar-refractivity contribution >= 4 is 10.8 Å². The standard InChI is InChI=1S/C25H19NO3/c1-2-7-17(8-3-1)24-23-19-9-5-4-6-16(19)10-13-21(23)29-25(26-24)18-11-12-20-22(14-18)28-15-27-20/h1-14,24-26H,15H2/t24-,25+/m1/s1. The van der Waals surface area contributed by atoms with Crippen LogP contribution < -0.4 is 19.5 Å². The van der Waals surface area contributed by atoms with Crippen LogP contribution in [-0.2, 0) is 0 Å². The van der Waals surface area contributed by atoms with Gasteiger partial charge in [0.05, 0.1) is 6.04 Å². The zero-order valence-electron chi connectivity index (χ0n) is 15.7. The summed E-state index contributed by atoms with van der Waals surface area (Å²) in [5.74, 6) is 2.43. The fourth-order valence-electron chi connectivity index (χ4n) is 4.22. The maximum atomic E-state index is 6.43. The second kappa shape index (κ2) is 6.54. The number of hydrogen-bond donors (Lipinski definition) is 1. The van der Waals surface area contributed by atoms with Crippen molar-refractivity contribution in [3.8, 4) is 17.2 Å². The molecule has 0 amide bonds. The van der Waals surface area contributed by atoms with Crippen LogP contribution in [0.1, 0.15) is 29.0 Å². The van der Waals surface area contributed by atoms with E-state index in [-0.39, 0.29) is 19.1 Å². The monoisotopic (exact) mass is 381 g/mol. The lowest BCUT2D eigenvalue weighted by Gasteiger charge is -2.35. The Morgan fingerprint density at radius 2 is 1.48 bits per heavy atom. The Bertz CT molecular complexity index is 1210. The molecule has 4 aromatic carbocycles. The largest absolute Gasteiger partial charge is 0.471 e. The number of rotatable bonds is 2. The van der Waals surface area contributed by atoms with Crippen LogP contribution in [-0.4, -0.2) is 6.79 Å². The van der Waals surface area contributed by atoms with Gasteiger partial charge < -0.3 is 14.2 Å². The summed E-state index contributed by atoms with van der Waals surface area (Å²) in [5.41, 5.74) is 3.39. The van der Waals surface area contributed by atoms with Gasteiger partial charge >= 0.3 is 0 Å². The van der Waals surface area contributed by atoms with Crippen LogP contribution in [0.3, 0.4) is 0 Å². The summed E-state index contributed by atoms with van der Waals surface area (Å²) in [6.45, 7) is 0.263. The Hall–Kier alpha value is -3.50. The summed E-state index contributed by atoms with van der Waals surface area (Å²) >= 11 is 0. The number of nitrogens with one attached hydrogen (secondary N) is 1. The normalized spacial score (nSPS) is 19.6. The zero-order chi connectivity index (χ0) is 19.2. The van der Waals surface area contributed by atoms with Crippen molar-refractivity contribution in [3.05, 3.63) is 102 Å². The highest BCUT2D eigenvalue weighted by Gasteiger charge is 2.31. The van der Waals surface area contributed by atoms with Gasteiger partial charge in [0, 0.05) is 11.1 Å². The minimum Gasteiger partial charge on any atom is -0.471 e. The minimum absolute atomic E-state index is 0.0153. The van der Waals surface area contributed by atoms with Crippen molar-refractivity contribution in [2.75, 3.05) is 6.79 Å². The molecule has 2 aliphatic rings. The molecule has 0 saturated heterocycles. The summed E-state index contributed by atoms with van der Waals surface area (Å²) in [7, 11) is 0. The maximum absolute atomic E-state index is 6.43. The molecule has 2 aliphatic heterocycles. The molecular formula is C25H19NO3. The van der Waals surface area contributed by atoms with Crippen molar-refractivity contribution in [2.24, 2.45) is 0 Å². The Balaban J connectivity index is 1.50. The van der Waals surface area contributed by atoms with Crippen LogP contribution in [0.4, 0.5) is 0 Å². The number of ether oxygens (including phenoxy) is 3. The summed E-state index contributed by atoms with van der Waals surface area (Å²) < 4.78 is 17.4. The fourth-order valence-corrected chi connectivity index (χ4v) is 4.22. The van der Waals surface area contributed by atoms with Crippen LogP contribution in [0, 0.1) is 0 Å². The van der Waals surface area contributed by atoms with E-state index < -0.39 is 0 Å². The van der Waals surface area contributed by atoms with Crippen LogP contribution in [0.25, 0.3) is 10.8 Å². The lowest BCUT2D eigenvalue weighted by atomic mass is 9.91. The summed E-state index contributed by atoms with van der Waals surface area (Å²) in [6, 6.07) is 29.1. The Morgan fingerprint density at radius 3 is 2.41 bits per heavy atom. The molecule has 0 fully saturated rings. The van der Waals surface area contributed by atoms with Gasteiger partial charge in [0.1, 0.15) is 5.75 Å². The molecule has 2 heterocycles. The van der Waals surface area contributed by atoms with Gasteiger partial charge in [-0.05, 0) is 40.6 Å². The molecule has 29 heavy (non-hydrogen) atoms. The fraction of sp³-hybridized carbons (Fsp3) is 0.120. The average molecular weight is 381 g/mol. The molecule has 4 heteroatoms. The van der Waals surface area contributed by atoms with Gasteiger partial charge in [-0.1, -0.05) is 60.7 Å². The van der Waals surface area contributed by atoms with E-state index >= 15 is 0 Å². The van der Waals surface area contributed by atoms with E-state index in [9.17, 15) is 0 Å². The van der Waals surface area contributed by atoms with Crippen molar-refractivity contribution < 1.29 is 14.2 Å². The van der Waals surface area contributed by atoms with Crippen LogP contribution in [0.2, 0.25) is 0 Å². The van der Waals surface area contributed by atoms with Crippen molar-refractivity contribution in [2.45, 2.75) is 12.3 Å². The molecule has 0 unspecified atom stereocenters. The highest BCUT2D eigenvalue weighted by Crippen LogP contribution is 2.43. The van der Waals surface area contributed by atoms with Crippen LogP contribution in [0.5, 0.6) is 17.2 Å². The second-order valence-corrected chi connectivity index (χ2v) is 7.32. The molecule has 142 valence electrons. The summed E-state index contributed by atoms with van der Waals surface area (Å²) in [6.07, 6.45) is -0.289. The van der Waals surface area contributed by atoms with E-state index in [0.29, 0.717) is 0 Å². The van der Waals surface area contributed by atoms with E-state index in [2.05, 4.69) is 66.0 Å². The van der Waals surface area contributed by atoms with E-state index in [0.717, 1.165) is 22.8 Å². The van der Waals surface area contributed by atoms with Gasteiger partial charge in [0.2, 0.25) is 6.79 Å². The van der Waals surface area contributed by atoms with Gasteiger partial charge in [0.25, 0.3) is 0 Å². The first-order valence-electron chi connectivity index (χ1n) is 9.76. The molecule has 1 N–H and O–H groups in total. The van der Waals surface area contributed by atoms with E-state index in [1.54, 1.807) is 0 Å². The SMILES string of the molecule is c1ccc([C@H]2N[C@H](c3ccc4c(c3)OCO4)Oc3ccc4ccccc4c32)cc1. The van der Waals surface area contributed by atoms with Gasteiger partial charge in [-0.2, -0.15) is 0 Å². The molecule has 0 saturated carbocycles. The first-order chi connectivity index (χ1) is 14.4. The topological polar surface area (TPSA) is 39.7 Å². The number of hydrogen-bond acceptors (Lipinski definition) is 4. The van der Waals surface area contributed by atoms with Crippen molar-refractivity contribution in [1.82, 2.24) is 5.32 Å². The summed E-state index contributed by atoms with van der Waals surface area (Å²) in [5, 5.41) is 6.12. The van der Waals surface area contributed by atoms with Crippen LogP contribution in [0.15, 0.2) is 84.9 Å². The third-order valence-electron chi connectivity index (χ3n) is 5.61. The smallest absolute Gasteiger partial charge is 0.231 e. The molecule has 4 aromatic rings. The quantitative estimate of drug-likeness (QED) is 0.509. The summed E-state index contributed by atoms with van der Waals surface area (Å²) in [4.78, 5) is 0. The average Bonchev–Trinajstić information content (AvgIpc) is 3.26. The van der Waals surface area contributed by atoms with E-state index in [1.807, 2.05) is 24.3 Å². The lowest BCUT2D eigenvalue weighted by molar-refractivity contribution is 0.133. The van der Waals surface area contributed by atoms with Gasteiger partial charge in [-0.25, -0.2) is 0 Å². The van der Waals surface area contributed by atoms with Crippen LogP contribution >= 0.6 is 0 Å².